The molecule has 0 saturated carbocycles. The van der Waals surface area contributed by atoms with Crippen molar-refractivity contribution >= 4 is 32.4 Å². The van der Waals surface area contributed by atoms with Gasteiger partial charge in [0.25, 0.3) is 5.69 Å². The highest BCUT2D eigenvalue weighted by atomic mass is 32.2. The maximum atomic E-state index is 12.9. The van der Waals surface area contributed by atoms with Crippen molar-refractivity contribution in [3.05, 3.63) is 57.9 Å². The third kappa shape index (κ3) is 4.13. The number of nitro groups is 1. The summed E-state index contributed by atoms with van der Waals surface area (Å²) in [5.74, 6) is 0.722. The van der Waals surface area contributed by atoms with Crippen molar-refractivity contribution < 1.29 is 13.3 Å². The third-order valence-corrected chi connectivity index (χ3v) is 7.58. The van der Waals surface area contributed by atoms with E-state index in [0.717, 1.165) is 47.8 Å². The molecular weight excluding hydrogens is 418 g/mol. The summed E-state index contributed by atoms with van der Waals surface area (Å²) in [4.78, 5) is 15.7. The minimum absolute atomic E-state index is 0.0511. The van der Waals surface area contributed by atoms with Gasteiger partial charge in [-0.25, -0.2) is 13.4 Å². The summed E-state index contributed by atoms with van der Waals surface area (Å²) >= 11 is 0. The molecule has 9 nitrogen and oxygen atoms in total. The van der Waals surface area contributed by atoms with Crippen molar-refractivity contribution in [3.63, 3.8) is 0 Å². The monoisotopic (exact) mass is 443 g/mol. The number of imidazole rings is 1. The van der Waals surface area contributed by atoms with Gasteiger partial charge in [-0.3, -0.25) is 10.1 Å². The van der Waals surface area contributed by atoms with Crippen LogP contribution in [0.3, 0.4) is 0 Å². The van der Waals surface area contributed by atoms with Crippen molar-refractivity contribution in [1.29, 1.82) is 0 Å². The van der Waals surface area contributed by atoms with Crippen molar-refractivity contribution in [3.8, 4) is 0 Å². The zero-order valence-corrected chi connectivity index (χ0v) is 18.4. The van der Waals surface area contributed by atoms with Crippen LogP contribution in [0.1, 0.15) is 30.7 Å². The zero-order chi connectivity index (χ0) is 22.2. The molecule has 0 unspecified atom stereocenters. The van der Waals surface area contributed by atoms with Crippen molar-refractivity contribution in [2.45, 2.75) is 37.6 Å². The number of rotatable bonds is 6. The van der Waals surface area contributed by atoms with Gasteiger partial charge in [-0.05, 0) is 49.6 Å². The Balaban J connectivity index is 1.60. The topological polar surface area (TPSA) is 110 Å². The van der Waals surface area contributed by atoms with Crippen LogP contribution >= 0.6 is 0 Å². The number of benzene rings is 2. The highest BCUT2D eigenvalue weighted by Crippen LogP contribution is 2.30. The number of piperidine rings is 1. The van der Waals surface area contributed by atoms with Crippen LogP contribution in [-0.4, -0.2) is 40.3 Å². The summed E-state index contributed by atoms with van der Waals surface area (Å²) in [6.07, 6.45) is 2.60. The van der Waals surface area contributed by atoms with Gasteiger partial charge in [0.05, 0.1) is 27.4 Å². The first-order chi connectivity index (χ1) is 14.8. The highest BCUT2D eigenvalue weighted by molar-refractivity contribution is 7.89. The number of aryl methyl sites for hydroxylation is 2. The SMILES string of the molecule is Cc1ccc2c(c1)nc(CNc1ccc(S(=O)(=O)N3CCCCC3)cc1[N+](=O)[O-])n2C. The second kappa shape index (κ2) is 8.27. The van der Waals surface area contributed by atoms with Crippen LogP contribution in [0.5, 0.6) is 0 Å². The molecule has 0 atom stereocenters. The number of anilines is 1. The van der Waals surface area contributed by atoms with Crippen LogP contribution in [0.4, 0.5) is 11.4 Å². The molecule has 0 aliphatic carbocycles. The quantitative estimate of drug-likeness (QED) is 0.461. The van der Waals surface area contributed by atoms with E-state index in [9.17, 15) is 18.5 Å². The number of nitrogens with zero attached hydrogens (tertiary/aromatic N) is 4. The van der Waals surface area contributed by atoms with E-state index in [1.165, 1.54) is 16.4 Å². The highest BCUT2D eigenvalue weighted by Gasteiger charge is 2.28. The van der Waals surface area contributed by atoms with E-state index >= 15 is 0 Å². The van der Waals surface area contributed by atoms with Crippen LogP contribution < -0.4 is 5.32 Å². The van der Waals surface area contributed by atoms with Crippen LogP contribution in [0.2, 0.25) is 0 Å². The summed E-state index contributed by atoms with van der Waals surface area (Å²) in [7, 11) is -1.85. The number of hydrogen-bond acceptors (Lipinski definition) is 6. The van der Waals surface area contributed by atoms with Gasteiger partial charge in [0.15, 0.2) is 0 Å². The fourth-order valence-electron chi connectivity index (χ4n) is 3.92. The Kier molecular flexibility index (Phi) is 5.67. The smallest absolute Gasteiger partial charge is 0.293 e. The van der Waals surface area contributed by atoms with Gasteiger partial charge in [-0.2, -0.15) is 4.31 Å². The van der Waals surface area contributed by atoms with Gasteiger partial charge in [-0.15, -0.1) is 0 Å². The van der Waals surface area contributed by atoms with Gasteiger partial charge in [0, 0.05) is 26.2 Å². The lowest BCUT2D eigenvalue weighted by Crippen LogP contribution is -2.35. The molecule has 3 aromatic rings. The molecule has 0 spiro atoms. The minimum atomic E-state index is -3.75. The predicted molar refractivity (Wildman–Crippen MR) is 118 cm³/mol. The molecule has 2 aromatic carbocycles. The first-order valence-electron chi connectivity index (χ1n) is 10.2. The van der Waals surface area contributed by atoms with Gasteiger partial charge < -0.3 is 9.88 Å². The number of aromatic nitrogens is 2. The first kappa shape index (κ1) is 21.3. The molecule has 1 aromatic heterocycles. The fourth-order valence-corrected chi connectivity index (χ4v) is 5.46. The molecular formula is C21H25N5O4S. The normalized spacial score (nSPS) is 15.3. The molecule has 1 saturated heterocycles. The average molecular weight is 444 g/mol. The van der Waals surface area contributed by atoms with E-state index in [1.807, 2.05) is 36.7 Å². The van der Waals surface area contributed by atoms with E-state index in [-0.39, 0.29) is 22.8 Å². The van der Waals surface area contributed by atoms with E-state index in [1.54, 1.807) is 0 Å². The molecule has 1 fully saturated rings. The second-order valence-electron chi connectivity index (χ2n) is 7.83. The van der Waals surface area contributed by atoms with Gasteiger partial charge in [0.2, 0.25) is 10.0 Å². The van der Waals surface area contributed by atoms with Crippen molar-refractivity contribution in [2.24, 2.45) is 7.05 Å². The number of fused-ring (bicyclic) bond motifs is 1. The minimum Gasteiger partial charge on any atom is -0.372 e. The molecule has 10 heteroatoms. The summed E-state index contributed by atoms with van der Waals surface area (Å²) < 4.78 is 29.1. The molecule has 0 radical (unpaired) electrons. The average Bonchev–Trinajstić information content (AvgIpc) is 3.07. The maximum Gasteiger partial charge on any atom is 0.293 e. The lowest BCUT2D eigenvalue weighted by molar-refractivity contribution is -0.384. The summed E-state index contributed by atoms with van der Waals surface area (Å²) in [6.45, 7) is 3.16. The lowest BCUT2D eigenvalue weighted by atomic mass is 10.2. The fraction of sp³-hybridized carbons (Fsp3) is 0.381. The number of hydrogen-bond donors (Lipinski definition) is 1. The van der Waals surface area contributed by atoms with Gasteiger partial charge in [-0.1, -0.05) is 12.5 Å². The predicted octanol–water partition coefficient (Wildman–Crippen LogP) is 3.58. The molecule has 1 aliphatic rings. The van der Waals surface area contributed by atoms with Crippen LogP contribution in [-0.2, 0) is 23.6 Å². The Hall–Kier alpha value is -2.98. The van der Waals surface area contributed by atoms with E-state index in [4.69, 9.17) is 0 Å². The first-order valence-corrected chi connectivity index (χ1v) is 11.7. The Morgan fingerprint density at radius 3 is 2.58 bits per heavy atom. The second-order valence-corrected chi connectivity index (χ2v) is 9.77. The summed E-state index contributed by atoms with van der Waals surface area (Å²) in [5.41, 5.74) is 2.92. The Labute approximate surface area is 180 Å². The Morgan fingerprint density at radius 1 is 1.13 bits per heavy atom. The molecule has 164 valence electrons. The molecule has 4 rings (SSSR count). The van der Waals surface area contributed by atoms with E-state index in [2.05, 4.69) is 10.3 Å². The standard InChI is InChI=1S/C21H25N5O4S/c1-15-6-9-19-18(12-15)23-21(24(19)2)14-22-17-8-7-16(13-20(17)26(27)28)31(29,30)25-10-4-3-5-11-25/h6-9,12-13,22H,3-5,10-11,14H2,1-2H3. The van der Waals surface area contributed by atoms with Crippen LogP contribution in [0, 0.1) is 17.0 Å². The maximum absolute atomic E-state index is 12.9. The largest absolute Gasteiger partial charge is 0.372 e. The summed E-state index contributed by atoms with van der Waals surface area (Å²) in [6, 6.07) is 10.0. The number of nitro benzene ring substituents is 1. The molecule has 2 heterocycles. The third-order valence-electron chi connectivity index (χ3n) is 5.68. The molecule has 0 bridgehead atoms. The van der Waals surface area contributed by atoms with Crippen molar-refractivity contribution in [2.75, 3.05) is 18.4 Å². The molecule has 1 N–H and O–H groups in total. The zero-order valence-electron chi connectivity index (χ0n) is 17.5. The van der Waals surface area contributed by atoms with E-state index in [0.29, 0.717) is 13.1 Å². The van der Waals surface area contributed by atoms with E-state index < -0.39 is 14.9 Å². The molecule has 0 amide bonds. The van der Waals surface area contributed by atoms with Crippen LogP contribution in [0.25, 0.3) is 11.0 Å². The summed E-state index contributed by atoms with van der Waals surface area (Å²) in [5, 5.41) is 14.7. The number of nitrogens with one attached hydrogen (secondary N) is 1. The Morgan fingerprint density at radius 2 is 1.87 bits per heavy atom. The van der Waals surface area contributed by atoms with Crippen molar-refractivity contribution in [1.82, 2.24) is 13.9 Å². The lowest BCUT2D eigenvalue weighted by Gasteiger charge is -2.25. The molecule has 1 aliphatic heterocycles. The number of sulfonamides is 1. The van der Waals surface area contributed by atoms with Gasteiger partial charge in [0.1, 0.15) is 11.5 Å². The van der Waals surface area contributed by atoms with Gasteiger partial charge >= 0.3 is 0 Å². The van der Waals surface area contributed by atoms with Crippen LogP contribution in [0.15, 0.2) is 41.3 Å². The molecule has 31 heavy (non-hydrogen) atoms. The Bertz CT molecular complexity index is 1250.